The van der Waals surface area contributed by atoms with E-state index in [0.717, 1.165) is 50.9 Å². The van der Waals surface area contributed by atoms with Crippen molar-refractivity contribution in [1.29, 1.82) is 0 Å². The molecule has 1 aromatic rings. The van der Waals surface area contributed by atoms with Crippen molar-refractivity contribution in [3.05, 3.63) is 24.3 Å². The second-order valence-corrected chi connectivity index (χ2v) is 8.51. The zero-order chi connectivity index (χ0) is 16.3. The fourth-order valence-electron chi connectivity index (χ4n) is 3.46. The highest BCUT2D eigenvalue weighted by molar-refractivity contribution is 7.89. The van der Waals surface area contributed by atoms with Gasteiger partial charge in [-0.25, -0.2) is 8.42 Å². The fraction of sp³-hybridized carbons (Fsp3) is 0.647. The van der Waals surface area contributed by atoms with Gasteiger partial charge < -0.3 is 10.0 Å². The molecule has 0 bridgehead atoms. The Labute approximate surface area is 139 Å². The minimum atomic E-state index is -3.34. The zero-order valence-electron chi connectivity index (χ0n) is 13.5. The quantitative estimate of drug-likeness (QED) is 0.913. The van der Waals surface area contributed by atoms with Crippen molar-refractivity contribution < 1.29 is 13.5 Å². The van der Waals surface area contributed by atoms with Gasteiger partial charge in [0.05, 0.1) is 4.90 Å². The molecule has 0 atom stereocenters. The molecule has 128 valence electrons. The van der Waals surface area contributed by atoms with Gasteiger partial charge in [0.1, 0.15) is 0 Å². The zero-order valence-corrected chi connectivity index (χ0v) is 14.3. The average Bonchev–Trinajstić information content (AvgIpc) is 2.63. The Balaban J connectivity index is 1.69. The van der Waals surface area contributed by atoms with Crippen molar-refractivity contribution in [2.45, 2.75) is 37.0 Å². The van der Waals surface area contributed by atoms with Crippen LogP contribution in [0.2, 0.25) is 0 Å². The van der Waals surface area contributed by atoms with Crippen molar-refractivity contribution in [2.24, 2.45) is 5.92 Å². The SMILES string of the molecule is O=S(=O)(c1ccc(N2CCC(CO)CC2)cc1)N1CCCCC1. The van der Waals surface area contributed by atoms with Crippen LogP contribution in [0.5, 0.6) is 0 Å². The molecular weight excluding hydrogens is 312 g/mol. The number of sulfonamides is 1. The summed E-state index contributed by atoms with van der Waals surface area (Å²) in [7, 11) is -3.34. The molecule has 2 fully saturated rings. The molecule has 1 aromatic carbocycles. The van der Waals surface area contributed by atoms with Gasteiger partial charge >= 0.3 is 0 Å². The number of nitrogens with zero attached hydrogens (tertiary/aromatic N) is 2. The van der Waals surface area contributed by atoms with Gasteiger partial charge in [-0.1, -0.05) is 6.42 Å². The maximum atomic E-state index is 12.6. The van der Waals surface area contributed by atoms with Gasteiger partial charge in [0.25, 0.3) is 0 Å². The lowest BCUT2D eigenvalue weighted by atomic mass is 9.97. The Morgan fingerprint density at radius 2 is 1.57 bits per heavy atom. The Morgan fingerprint density at radius 1 is 0.957 bits per heavy atom. The highest BCUT2D eigenvalue weighted by Gasteiger charge is 2.26. The van der Waals surface area contributed by atoms with Crippen molar-refractivity contribution in [2.75, 3.05) is 37.7 Å². The molecule has 0 unspecified atom stereocenters. The molecule has 5 nitrogen and oxygen atoms in total. The van der Waals surface area contributed by atoms with Crippen LogP contribution in [0.4, 0.5) is 5.69 Å². The molecular formula is C17H26N2O3S. The normalized spacial score (nSPS) is 21.5. The van der Waals surface area contributed by atoms with Crippen LogP contribution in [0, 0.1) is 5.92 Å². The van der Waals surface area contributed by atoms with Crippen LogP contribution < -0.4 is 4.90 Å². The van der Waals surface area contributed by atoms with E-state index in [1.54, 1.807) is 16.4 Å². The molecule has 0 aliphatic carbocycles. The first-order chi connectivity index (χ1) is 11.1. The third kappa shape index (κ3) is 3.70. The number of hydrogen-bond donors (Lipinski definition) is 1. The third-order valence-electron chi connectivity index (χ3n) is 5.03. The van der Waals surface area contributed by atoms with E-state index in [0.29, 0.717) is 23.9 Å². The van der Waals surface area contributed by atoms with E-state index in [2.05, 4.69) is 4.90 Å². The summed E-state index contributed by atoms with van der Waals surface area (Å²) in [6, 6.07) is 7.29. The minimum Gasteiger partial charge on any atom is -0.396 e. The topological polar surface area (TPSA) is 60.9 Å². The number of aliphatic hydroxyl groups is 1. The Bertz CT molecular complexity index is 601. The molecule has 0 radical (unpaired) electrons. The van der Waals surface area contributed by atoms with Crippen molar-refractivity contribution in [3.63, 3.8) is 0 Å². The van der Waals surface area contributed by atoms with Gasteiger partial charge in [-0.3, -0.25) is 0 Å². The molecule has 0 saturated carbocycles. The maximum Gasteiger partial charge on any atom is 0.243 e. The van der Waals surface area contributed by atoms with Gasteiger partial charge in [0, 0.05) is 38.5 Å². The highest BCUT2D eigenvalue weighted by Crippen LogP contribution is 2.26. The monoisotopic (exact) mass is 338 g/mol. The summed E-state index contributed by atoms with van der Waals surface area (Å²) in [5, 5.41) is 9.21. The Hall–Kier alpha value is -1.11. The van der Waals surface area contributed by atoms with Crippen LogP contribution in [-0.2, 0) is 10.0 Å². The number of piperidine rings is 2. The maximum absolute atomic E-state index is 12.6. The summed E-state index contributed by atoms with van der Waals surface area (Å²) in [4.78, 5) is 2.66. The second-order valence-electron chi connectivity index (χ2n) is 6.57. The van der Waals surface area contributed by atoms with Gasteiger partial charge in [-0.15, -0.1) is 0 Å². The van der Waals surface area contributed by atoms with Crippen molar-refractivity contribution in [1.82, 2.24) is 4.31 Å². The van der Waals surface area contributed by atoms with E-state index < -0.39 is 10.0 Å². The Morgan fingerprint density at radius 3 is 2.13 bits per heavy atom. The summed E-state index contributed by atoms with van der Waals surface area (Å²) >= 11 is 0. The standard InChI is InChI=1S/C17H26N2O3S/c20-14-15-8-12-18(13-9-15)16-4-6-17(7-5-16)23(21,22)19-10-2-1-3-11-19/h4-7,15,20H,1-3,8-14H2. The predicted molar refractivity (Wildman–Crippen MR) is 91.1 cm³/mol. The lowest BCUT2D eigenvalue weighted by Crippen LogP contribution is -2.36. The molecule has 0 amide bonds. The first kappa shape index (κ1) is 16.7. The summed E-state index contributed by atoms with van der Waals surface area (Å²) in [6.45, 7) is 3.38. The molecule has 2 heterocycles. The summed E-state index contributed by atoms with van der Waals surface area (Å²) in [5.74, 6) is 0.407. The van der Waals surface area contributed by atoms with Gasteiger partial charge in [0.2, 0.25) is 10.0 Å². The van der Waals surface area contributed by atoms with Crippen LogP contribution in [0.1, 0.15) is 32.1 Å². The van der Waals surface area contributed by atoms with Crippen molar-refractivity contribution >= 4 is 15.7 Å². The molecule has 2 saturated heterocycles. The van der Waals surface area contributed by atoms with Crippen molar-refractivity contribution in [3.8, 4) is 0 Å². The number of rotatable bonds is 4. The van der Waals surface area contributed by atoms with E-state index in [1.807, 2.05) is 12.1 Å². The average molecular weight is 338 g/mol. The number of anilines is 1. The lowest BCUT2D eigenvalue weighted by molar-refractivity contribution is 0.203. The van der Waals surface area contributed by atoms with Gasteiger partial charge in [0.15, 0.2) is 0 Å². The van der Waals surface area contributed by atoms with Crippen LogP contribution in [0.3, 0.4) is 0 Å². The summed E-state index contributed by atoms with van der Waals surface area (Å²) in [5.41, 5.74) is 1.07. The third-order valence-corrected chi connectivity index (χ3v) is 6.94. The highest BCUT2D eigenvalue weighted by atomic mass is 32.2. The predicted octanol–water partition coefficient (Wildman–Crippen LogP) is 2.07. The Kier molecular flexibility index (Phi) is 5.24. The largest absolute Gasteiger partial charge is 0.396 e. The first-order valence-electron chi connectivity index (χ1n) is 8.57. The minimum absolute atomic E-state index is 0.265. The fourth-order valence-corrected chi connectivity index (χ4v) is 4.97. The second kappa shape index (κ2) is 7.20. The van der Waals surface area contributed by atoms with E-state index in [1.165, 1.54) is 0 Å². The molecule has 23 heavy (non-hydrogen) atoms. The molecule has 2 aliphatic heterocycles. The summed E-state index contributed by atoms with van der Waals surface area (Å²) in [6.07, 6.45) is 5.01. The van der Waals surface area contributed by atoms with Crippen LogP contribution in [0.25, 0.3) is 0 Å². The molecule has 0 aromatic heterocycles. The molecule has 1 N–H and O–H groups in total. The van der Waals surface area contributed by atoms with Gasteiger partial charge in [-0.05, 0) is 55.9 Å². The van der Waals surface area contributed by atoms with Gasteiger partial charge in [-0.2, -0.15) is 4.31 Å². The number of benzene rings is 1. The van der Waals surface area contributed by atoms with E-state index >= 15 is 0 Å². The van der Waals surface area contributed by atoms with E-state index in [4.69, 9.17) is 0 Å². The molecule has 0 spiro atoms. The van der Waals surface area contributed by atoms with E-state index in [-0.39, 0.29) is 6.61 Å². The lowest BCUT2D eigenvalue weighted by Gasteiger charge is -2.33. The van der Waals surface area contributed by atoms with E-state index in [9.17, 15) is 13.5 Å². The summed E-state index contributed by atoms with van der Waals surface area (Å²) < 4.78 is 26.9. The number of hydrogen-bond acceptors (Lipinski definition) is 4. The molecule has 2 aliphatic rings. The molecule has 6 heteroatoms. The van der Waals surface area contributed by atoms with Crippen LogP contribution in [0.15, 0.2) is 29.2 Å². The first-order valence-corrected chi connectivity index (χ1v) is 10.0. The number of aliphatic hydroxyl groups excluding tert-OH is 1. The smallest absolute Gasteiger partial charge is 0.243 e. The van der Waals surface area contributed by atoms with Crippen LogP contribution in [-0.4, -0.2) is 50.6 Å². The molecule has 3 rings (SSSR count). The van der Waals surface area contributed by atoms with Crippen LogP contribution >= 0.6 is 0 Å².